The van der Waals surface area contributed by atoms with Gasteiger partial charge in [-0.15, -0.1) is 0 Å². The molecule has 7 nitrogen and oxygen atoms in total. The maximum absolute atomic E-state index is 12.4. The number of rotatable bonds is 4. The SMILES string of the molecule is Cc1cc(-c2cc(C(=O)OCC#N)c3cnn(C(C)C)c3n2)c(C)o1. The molecule has 0 amide bonds. The minimum absolute atomic E-state index is 0.0791. The van der Waals surface area contributed by atoms with Gasteiger partial charge in [-0.25, -0.2) is 14.5 Å². The van der Waals surface area contributed by atoms with Crippen LogP contribution >= 0.6 is 0 Å². The lowest BCUT2D eigenvalue weighted by molar-refractivity contribution is 0.0557. The number of aromatic nitrogens is 3. The van der Waals surface area contributed by atoms with E-state index < -0.39 is 5.97 Å². The zero-order valence-corrected chi connectivity index (χ0v) is 14.5. The summed E-state index contributed by atoms with van der Waals surface area (Å²) in [6.45, 7) is 7.38. The first kappa shape index (κ1) is 16.7. The van der Waals surface area contributed by atoms with E-state index in [2.05, 4.69) is 5.10 Å². The summed E-state index contributed by atoms with van der Waals surface area (Å²) in [7, 11) is 0. The van der Waals surface area contributed by atoms with E-state index in [0.29, 0.717) is 22.3 Å². The number of furan rings is 1. The van der Waals surface area contributed by atoms with Crippen LogP contribution in [0.4, 0.5) is 0 Å². The number of carbonyl (C=O) groups is 1. The van der Waals surface area contributed by atoms with Crippen molar-refractivity contribution in [2.45, 2.75) is 33.7 Å². The Bertz CT molecular complexity index is 992. The minimum atomic E-state index is -0.573. The second-order valence-electron chi connectivity index (χ2n) is 6.04. The van der Waals surface area contributed by atoms with Crippen LogP contribution in [0, 0.1) is 25.2 Å². The third kappa shape index (κ3) is 2.98. The van der Waals surface area contributed by atoms with Crippen molar-refractivity contribution in [1.29, 1.82) is 5.26 Å². The summed E-state index contributed by atoms with van der Waals surface area (Å²) in [5.41, 5.74) is 2.34. The molecular formula is C18H18N4O3. The van der Waals surface area contributed by atoms with Crippen molar-refractivity contribution in [3.05, 3.63) is 35.4 Å². The van der Waals surface area contributed by atoms with Gasteiger partial charge in [0.2, 0.25) is 0 Å². The Balaban J connectivity index is 2.25. The number of nitriles is 1. The predicted octanol–water partition coefficient (Wildman–Crippen LogP) is 3.57. The number of hydrogen-bond acceptors (Lipinski definition) is 6. The monoisotopic (exact) mass is 338 g/mol. The molecule has 3 rings (SSSR count). The van der Waals surface area contributed by atoms with Crippen LogP contribution in [-0.4, -0.2) is 27.3 Å². The van der Waals surface area contributed by atoms with E-state index in [-0.39, 0.29) is 12.6 Å². The molecule has 0 saturated carbocycles. The summed E-state index contributed by atoms with van der Waals surface area (Å²) in [5, 5.41) is 13.6. The maximum Gasteiger partial charge on any atom is 0.340 e. The molecular weight excluding hydrogens is 320 g/mol. The molecule has 25 heavy (non-hydrogen) atoms. The normalized spacial score (nSPS) is 11.0. The van der Waals surface area contributed by atoms with Gasteiger partial charge in [-0.1, -0.05) is 0 Å². The fourth-order valence-electron chi connectivity index (χ4n) is 2.76. The van der Waals surface area contributed by atoms with Gasteiger partial charge >= 0.3 is 5.97 Å². The topological polar surface area (TPSA) is 93.9 Å². The summed E-state index contributed by atoms with van der Waals surface area (Å²) in [4.78, 5) is 17.1. The summed E-state index contributed by atoms with van der Waals surface area (Å²) in [6, 6.07) is 5.42. The summed E-state index contributed by atoms with van der Waals surface area (Å²) in [5.74, 6) is 0.910. The number of hydrogen-bond donors (Lipinski definition) is 0. The Kier molecular flexibility index (Phi) is 4.28. The lowest BCUT2D eigenvalue weighted by Gasteiger charge is -2.09. The fourth-order valence-corrected chi connectivity index (χ4v) is 2.76. The van der Waals surface area contributed by atoms with Gasteiger partial charge in [-0.2, -0.15) is 10.4 Å². The number of nitrogens with zero attached hydrogens (tertiary/aromatic N) is 4. The standard InChI is InChI=1S/C18H18N4O3/c1-10(2)22-17-15(9-20-22)14(18(23)24-6-5-19)8-16(21-17)13-7-11(3)25-12(13)4/h7-10H,6H2,1-4H3. The number of ether oxygens (including phenoxy) is 1. The van der Waals surface area contributed by atoms with E-state index in [0.717, 1.165) is 17.1 Å². The number of esters is 1. The molecule has 0 aliphatic heterocycles. The van der Waals surface area contributed by atoms with Gasteiger partial charge in [-0.05, 0) is 39.8 Å². The van der Waals surface area contributed by atoms with Crippen LogP contribution in [0.25, 0.3) is 22.3 Å². The third-order valence-corrected chi connectivity index (χ3v) is 3.86. The number of fused-ring (bicyclic) bond motifs is 1. The highest BCUT2D eigenvalue weighted by Crippen LogP contribution is 2.30. The van der Waals surface area contributed by atoms with E-state index in [4.69, 9.17) is 19.4 Å². The summed E-state index contributed by atoms with van der Waals surface area (Å²) in [6.07, 6.45) is 1.60. The van der Waals surface area contributed by atoms with Gasteiger partial charge in [-0.3, -0.25) is 0 Å². The van der Waals surface area contributed by atoms with E-state index in [9.17, 15) is 4.79 Å². The molecule has 3 aromatic heterocycles. The van der Waals surface area contributed by atoms with Gasteiger partial charge in [0.05, 0.1) is 22.8 Å². The second kappa shape index (κ2) is 6.40. The van der Waals surface area contributed by atoms with Crippen LogP contribution in [0.2, 0.25) is 0 Å². The second-order valence-corrected chi connectivity index (χ2v) is 6.04. The lowest BCUT2D eigenvalue weighted by Crippen LogP contribution is -2.08. The maximum atomic E-state index is 12.4. The summed E-state index contributed by atoms with van der Waals surface area (Å²) >= 11 is 0. The zero-order chi connectivity index (χ0) is 18.1. The van der Waals surface area contributed by atoms with E-state index in [1.807, 2.05) is 33.8 Å². The molecule has 0 spiro atoms. The van der Waals surface area contributed by atoms with Gasteiger partial charge < -0.3 is 9.15 Å². The first-order valence-corrected chi connectivity index (χ1v) is 7.92. The largest absolute Gasteiger partial charge is 0.466 e. The molecule has 0 aliphatic rings. The van der Waals surface area contributed by atoms with Gasteiger partial charge in [0.15, 0.2) is 12.3 Å². The average molecular weight is 338 g/mol. The van der Waals surface area contributed by atoms with E-state index in [1.54, 1.807) is 23.0 Å². The first-order chi connectivity index (χ1) is 11.9. The molecule has 0 atom stereocenters. The highest BCUT2D eigenvalue weighted by Gasteiger charge is 2.21. The van der Waals surface area contributed by atoms with Crippen LogP contribution in [-0.2, 0) is 4.74 Å². The fraction of sp³-hybridized carbons (Fsp3) is 0.333. The molecule has 0 saturated heterocycles. The molecule has 128 valence electrons. The predicted molar refractivity (Wildman–Crippen MR) is 91.0 cm³/mol. The van der Waals surface area contributed by atoms with Crippen LogP contribution in [0.5, 0.6) is 0 Å². The van der Waals surface area contributed by atoms with Gasteiger partial charge in [0.25, 0.3) is 0 Å². The first-order valence-electron chi connectivity index (χ1n) is 7.92. The molecule has 3 aromatic rings. The molecule has 0 unspecified atom stereocenters. The molecule has 0 radical (unpaired) electrons. The van der Waals surface area contributed by atoms with Crippen molar-refractivity contribution < 1.29 is 13.9 Å². The third-order valence-electron chi connectivity index (χ3n) is 3.86. The number of carbonyl (C=O) groups excluding carboxylic acids is 1. The Hall–Kier alpha value is -3.14. The molecule has 0 bridgehead atoms. The van der Waals surface area contributed by atoms with E-state index in [1.165, 1.54) is 0 Å². The molecule has 0 aromatic carbocycles. The molecule has 0 aliphatic carbocycles. The Morgan fingerprint density at radius 1 is 1.40 bits per heavy atom. The van der Waals surface area contributed by atoms with E-state index >= 15 is 0 Å². The minimum Gasteiger partial charge on any atom is -0.466 e. The van der Waals surface area contributed by atoms with Crippen molar-refractivity contribution in [2.24, 2.45) is 0 Å². The van der Waals surface area contributed by atoms with Crippen molar-refractivity contribution in [1.82, 2.24) is 14.8 Å². The van der Waals surface area contributed by atoms with Gasteiger partial charge in [0.1, 0.15) is 17.6 Å². The molecule has 3 heterocycles. The Morgan fingerprint density at radius 2 is 2.16 bits per heavy atom. The molecule has 0 fully saturated rings. The molecule has 0 N–H and O–H groups in total. The van der Waals surface area contributed by atoms with Crippen LogP contribution in [0.15, 0.2) is 22.7 Å². The Labute approximate surface area is 144 Å². The van der Waals surface area contributed by atoms with Crippen molar-refractivity contribution in [3.8, 4) is 17.3 Å². The lowest BCUT2D eigenvalue weighted by atomic mass is 10.1. The number of pyridine rings is 1. The zero-order valence-electron chi connectivity index (χ0n) is 14.5. The van der Waals surface area contributed by atoms with Crippen molar-refractivity contribution >= 4 is 17.0 Å². The van der Waals surface area contributed by atoms with Crippen LogP contribution in [0.1, 0.15) is 41.8 Å². The average Bonchev–Trinajstić information content (AvgIpc) is 3.14. The smallest absolute Gasteiger partial charge is 0.340 e. The quantitative estimate of drug-likeness (QED) is 0.675. The molecule has 7 heteroatoms. The Morgan fingerprint density at radius 3 is 2.76 bits per heavy atom. The van der Waals surface area contributed by atoms with Crippen molar-refractivity contribution in [2.75, 3.05) is 6.61 Å². The summed E-state index contributed by atoms with van der Waals surface area (Å²) < 4.78 is 12.3. The van der Waals surface area contributed by atoms with Crippen LogP contribution in [0.3, 0.4) is 0 Å². The highest BCUT2D eigenvalue weighted by molar-refractivity contribution is 6.03. The number of aryl methyl sites for hydroxylation is 2. The van der Waals surface area contributed by atoms with Crippen LogP contribution < -0.4 is 0 Å². The highest BCUT2D eigenvalue weighted by atomic mass is 16.5. The van der Waals surface area contributed by atoms with Gasteiger partial charge in [0, 0.05) is 11.6 Å². The van der Waals surface area contributed by atoms with Crippen molar-refractivity contribution in [3.63, 3.8) is 0 Å².